The van der Waals surface area contributed by atoms with Crippen molar-refractivity contribution < 1.29 is 9.63 Å². The summed E-state index contributed by atoms with van der Waals surface area (Å²) in [6.45, 7) is 6.79. The molecule has 4 nitrogen and oxygen atoms in total. The summed E-state index contributed by atoms with van der Waals surface area (Å²) >= 11 is 0. The van der Waals surface area contributed by atoms with E-state index < -0.39 is 0 Å². The van der Waals surface area contributed by atoms with Crippen LogP contribution in [-0.4, -0.2) is 36.2 Å². The van der Waals surface area contributed by atoms with E-state index in [1.165, 1.54) is 0 Å². The number of likely N-dealkylation sites (N-methyl/N-ethyl adjacent to an activating group) is 1. The van der Waals surface area contributed by atoms with Gasteiger partial charge in [0.25, 0.3) is 0 Å². The van der Waals surface area contributed by atoms with Crippen LogP contribution in [0.3, 0.4) is 0 Å². The summed E-state index contributed by atoms with van der Waals surface area (Å²) in [6.07, 6.45) is 1.24. The third-order valence-electron chi connectivity index (χ3n) is 3.42. The van der Waals surface area contributed by atoms with Crippen molar-refractivity contribution in [3.63, 3.8) is 0 Å². The monoisotopic (exact) mass is 288 g/mol. The Hall–Kier alpha value is -1.84. The van der Waals surface area contributed by atoms with Crippen LogP contribution in [0.4, 0.5) is 0 Å². The van der Waals surface area contributed by atoms with Gasteiger partial charge in [0.1, 0.15) is 0 Å². The number of nitrogens with zero attached hydrogens (tertiary/aromatic N) is 2. The maximum Gasteiger partial charge on any atom is 0.222 e. The summed E-state index contributed by atoms with van der Waals surface area (Å²) in [5, 5.41) is 4.15. The van der Waals surface area contributed by atoms with Crippen molar-refractivity contribution in [1.82, 2.24) is 4.90 Å². The fourth-order valence-corrected chi connectivity index (χ4v) is 2.32. The maximum absolute atomic E-state index is 12.1. The Morgan fingerprint density at radius 1 is 1.33 bits per heavy atom. The molecule has 114 valence electrons. The first-order chi connectivity index (χ1) is 9.85. The van der Waals surface area contributed by atoms with Gasteiger partial charge < -0.3 is 9.74 Å². The van der Waals surface area contributed by atoms with Gasteiger partial charge in [0, 0.05) is 19.9 Å². The highest BCUT2D eigenvalue weighted by molar-refractivity contribution is 6.01. The molecule has 0 radical (unpaired) electrons. The lowest BCUT2D eigenvalue weighted by Crippen LogP contribution is -2.36. The average molecular weight is 288 g/mol. The summed E-state index contributed by atoms with van der Waals surface area (Å²) < 4.78 is 0. The molecule has 4 heteroatoms. The van der Waals surface area contributed by atoms with Gasteiger partial charge in [-0.05, 0) is 11.0 Å². The van der Waals surface area contributed by atoms with Gasteiger partial charge in [-0.3, -0.25) is 4.79 Å². The van der Waals surface area contributed by atoms with Crippen LogP contribution in [-0.2, 0) is 9.63 Å². The molecule has 0 aliphatic carbocycles. The van der Waals surface area contributed by atoms with Gasteiger partial charge >= 0.3 is 0 Å². The van der Waals surface area contributed by atoms with Crippen molar-refractivity contribution in [2.45, 2.75) is 39.7 Å². The van der Waals surface area contributed by atoms with Crippen LogP contribution in [0, 0.1) is 5.41 Å². The van der Waals surface area contributed by atoms with E-state index in [1.807, 2.05) is 37.4 Å². The number of hydrogen-bond donors (Lipinski definition) is 0. The molecular formula is C17H24N2O2. The minimum atomic E-state index is -0.0471. The van der Waals surface area contributed by atoms with Gasteiger partial charge in [0.15, 0.2) is 6.10 Å². The van der Waals surface area contributed by atoms with Crippen molar-refractivity contribution >= 4 is 11.6 Å². The molecular weight excluding hydrogens is 264 g/mol. The SMILES string of the molecule is CN(C[C@H]1CC(c2ccccc2)=NO1)C(=O)CC(C)(C)C. The van der Waals surface area contributed by atoms with Crippen molar-refractivity contribution in [2.75, 3.05) is 13.6 Å². The van der Waals surface area contributed by atoms with Crippen molar-refractivity contribution in [3.8, 4) is 0 Å². The molecule has 21 heavy (non-hydrogen) atoms. The number of carbonyl (C=O) groups excluding carboxylic acids is 1. The van der Waals surface area contributed by atoms with Crippen LogP contribution < -0.4 is 0 Å². The van der Waals surface area contributed by atoms with Gasteiger partial charge in [0.05, 0.1) is 12.3 Å². The molecule has 0 spiro atoms. The number of carbonyl (C=O) groups is 1. The van der Waals surface area contributed by atoms with Crippen LogP contribution in [0.5, 0.6) is 0 Å². The summed E-state index contributed by atoms with van der Waals surface area (Å²) in [4.78, 5) is 19.3. The molecule has 0 saturated heterocycles. The molecule has 1 aromatic carbocycles. The summed E-state index contributed by atoms with van der Waals surface area (Å²) in [7, 11) is 1.83. The summed E-state index contributed by atoms with van der Waals surface area (Å²) in [5.41, 5.74) is 2.05. The molecule has 1 aromatic rings. The van der Waals surface area contributed by atoms with Crippen molar-refractivity contribution in [1.29, 1.82) is 0 Å². The third-order valence-corrected chi connectivity index (χ3v) is 3.42. The number of amides is 1. The number of hydrogen-bond acceptors (Lipinski definition) is 3. The number of oxime groups is 1. The fraction of sp³-hybridized carbons (Fsp3) is 0.529. The van der Waals surface area contributed by atoms with Crippen LogP contribution in [0.1, 0.15) is 39.2 Å². The van der Waals surface area contributed by atoms with Crippen LogP contribution >= 0.6 is 0 Å². The first kappa shape index (κ1) is 15.5. The highest BCUT2D eigenvalue weighted by Gasteiger charge is 2.26. The van der Waals surface area contributed by atoms with Crippen molar-refractivity contribution in [2.24, 2.45) is 10.6 Å². The first-order valence-corrected chi connectivity index (χ1v) is 7.37. The Bertz CT molecular complexity index is 517. The molecule has 0 N–H and O–H groups in total. The Morgan fingerprint density at radius 2 is 2.00 bits per heavy atom. The zero-order valence-corrected chi connectivity index (χ0v) is 13.3. The van der Waals surface area contributed by atoms with Gasteiger partial charge in [-0.15, -0.1) is 0 Å². The van der Waals surface area contributed by atoms with E-state index in [0.29, 0.717) is 13.0 Å². The van der Waals surface area contributed by atoms with Gasteiger partial charge in [-0.1, -0.05) is 56.3 Å². The van der Waals surface area contributed by atoms with E-state index in [9.17, 15) is 4.79 Å². The van der Waals surface area contributed by atoms with Crippen LogP contribution in [0.2, 0.25) is 0 Å². The van der Waals surface area contributed by atoms with E-state index in [1.54, 1.807) is 4.90 Å². The standard InChI is InChI=1S/C17H24N2O2/c1-17(2,3)11-16(20)19(4)12-14-10-15(18-21-14)13-8-6-5-7-9-13/h5-9,14H,10-12H2,1-4H3/t14-/m1/s1. The third kappa shape index (κ3) is 4.59. The van der Waals surface area contributed by atoms with Crippen LogP contribution in [0.15, 0.2) is 35.5 Å². The summed E-state index contributed by atoms with van der Waals surface area (Å²) in [6, 6.07) is 10.0. The fourth-order valence-electron chi connectivity index (χ4n) is 2.32. The highest BCUT2D eigenvalue weighted by atomic mass is 16.6. The van der Waals surface area contributed by atoms with Gasteiger partial charge in [-0.2, -0.15) is 0 Å². The van der Waals surface area contributed by atoms with Crippen LogP contribution in [0.25, 0.3) is 0 Å². The largest absolute Gasteiger partial charge is 0.390 e. The quantitative estimate of drug-likeness (QED) is 0.854. The molecule has 1 aliphatic rings. The molecule has 0 fully saturated rings. The molecule has 0 unspecified atom stereocenters. The maximum atomic E-state index is 12.1. The van der Waals surface area contributed by atoms with E-state index >= 15 is 0 Å². The Morgan fingerprint density at radius 3 is 2.62 bits per heavy atom. The topological polar surface area (TPSA) is 41.9 Å². The molecule has 1 aliphatic heterocycles. The Labute approximate surface area is 126 Å². The first-order valence-electron chi connectivity index (χ1n) is 7.37. The zero-order chi connectivity index (χ0) is 15.5. The van der Waals surface area contributed by atoms with E-state index in [2.05, 4.69) is 25.9 Å². The lowest BCUT2D eigenvalue weighted by atomic mass is 9.91. The predicted octanol–water partition coefficient (Wildman–Crippen LogP) is 3.07. The molecule has 0 saturated carbocycles. The van der Waals surface area contributed by atoms with Gasteiger partial charge in [-0.25, -0.2) is 0 Å². The molecule has 0 aromatic heterocycles. The predicted molar refractivity (Wildman–Crippen MR) is 84.2 cm³/mol. The lowest BCUT2D eigenvalue weighted by molar-refractivity contribution is -0.133. The summed E-state index contributed by atoms with van der Waals surface area (Å²) in [5.74, 6) is 0.152. The Kier molecular flexibility index (Phi) is 4.66. The second kappa shape index (κ2) is 6.29. The normalized spacial score (nSPS) is 18.1. The number of benzene rings is 1. The smallest absolute Gasteiger partial charge is 0.222 e. The second-order valence-corrected chi connectivity index (χ2v) is 6.85. The molecule has 0 bridgehead atoms. The Balaban J connectivity index is 1.85. The minimum absolute atomic E-state index is 0.00752. The molecule has 1 heterocycles. The highest BCUT2D eigenvalue weighted by Crippen LogP contribution is 2.21. The van der Waals surface area contributed by atoms with E-state index in [4.69, 9.17) is 4.84 Å². The minimum Gasteiger partial charge on any atom is -0.390 e. The van der Waals surface area contributed by atoms with E-state index in [-0.39, 0.29) is 17.4 Å². The molecule has 2 rings (SSSR count). The van der Waals surface area contributed by atoms with Crippen molar-refractivity contribution in [3.05, 3.63) is 35.9 Å². The molecule has 1 amide bonds. The van der Waals surface area contributed by atoms with E-state index in [0.717, 1.165) is 17.7 Å². The van der Waals surface area contributed by atoms with Gasteiger partial charge in [0.2, 0.25) is 5.91 Å². The average Bonchev–Trinajstić information content (AvgIpc) is 2.86. The lowest BCUT2D eigenvalue weighted by Gasteiger charge is -2.24. The number of rotatable bonds is 4. The second-order valence-electron chi connectivity index (χ2n) is 6.85. The molecule has 1 atom stereocenters. The zero-order valence-electron chi connectivity index (χ0n) is 13.3.